The first-order valence-electron chi connectivity index (χ1n) is 11.1. The van der Waals surface area contributed by atoms with E-state index < -0.39 is 0 Å². The quantitative estimate of drug-likeness (QED) is 0.455. The molecule has 1 unspecified atom stereocenters. The van der Waals surface area contributed by atoms with Crippen LogP contribution in [0.1, 0.15) is 44.8 Å². The van der Waals surface area contributed by atoms with Gasteiger partial charge in [-0.1, -0.05) is 68.6 Å². The summed E-state index contributed by atoms with van der Waals surface area (Å²) in [4.78, 5) is 9.38. The van der Waals surface area contributed by atoms with Gasteiger partial charge in [-0.25, -0.2) is 9.97 Å². The van der Waals surface area contributed by atoms with Gasteiger partial charge in [0.2, 0.25) is 5.95 Å². The Morgan fingerprint density at radius 1 is 1.06 bits per heavy atom. The van der Waals surface area contributed by atoms with Crippen molar-refractivity contribution in [3.05, 3.63) is 82.4 Å². The molecule has 168 valence electrons. The van der Waals surface area contributed by atoms with Crippen LogP contribution >= 0.6 is 11.6 Å². The molecule has 3 aromatic rings. The Bertz CT molecular complexity index is 1260. The number of fused-ring (bicyclic) bond motifs is 1. The molecule has 0 radical (unpaired) electrons. The zero-order chi connectivity index (χ0) is 23.6. The van der Waals surface area contributed by atoms with E-state index in [0.717, 1.165) is 45.5 Å². The summed E-state index contributed by atoms with van der Waals surface area (Å²) in [5.74, 6) is 7.33. The molecule has 0 fully saturated rings. The van der Waals surface area contributed by atoms with Gasteiger partial charge in [0.15, 0.2) is 0 Å². The fourth-order valence-corrected chi connectivity index (χ4v) is 3.56. The lowest BCUT2D eigenvalue weighted by Crippen LogP contribution is -2.31. The molecule has 0 bridgehead atoms. The van der Waals surface area contributed by atoms with E-state index in [1.807, 2.05) is 42.6 Å². The van der Waals surface area contributed by atoms with Gasteiger partial charge < -0.3 is 9.88 Å². The molecule has 1 aromatic carbocycles. The summed E-state index contributed by atoms with van der Waals surface area (Å²) in [5.41, 5.74) is 6.05. The molecule has 4 nitrogen and oxygen atoms in total. The molecule has 0 saturated carbocycles. The first-order chi connectivity index (χ1) is 15.7. The zero-order valence-electron chi connectivity index (χ0n) is 19.8. The summed E-state index contributed by atoms with van der Waals surface area (Å²) in [6, 6.07) is 12.0. The van der Waals surface area contributed by atoms with Crippen LogP contribution in [-0.4, -0.2) is 20.6 Å². The van der Waals surface area contributed by atoms with Gasteiger partial charge >= 0.3 is 0 Å². The second-order valence-electron chi connectivity index (χ2n) is 9.45. The molecule has 4 rings (SSSR count). The van der Waals surface area contributed by atoms with Crippen molar-refractivity contribution in [3.63, 3.8) is 0 Å². The molecule has 0 spiro atoms. The van der Waals surface area contributed by atoms with Crippen LogP contribution in [0.4, 0.5) is 5.95 Å². The minimum atomic E-state index is 0.145. The van der Waals surface area contributed by atoms with Crippen molar-refractivity contribution in [2.45, 2.75) is 40.2 Å². The van der Waals surface area contributed by atoms with Crippen LogP contribution in [0, 0.1) is 17.3 Å². The Balaban J connectivity index is 1.54. The number of hydrogen-bond donors (Lipinski definition) is 1. The van der Waals surface area contributed by atoms with Crippen molar-refractivity contribution < 1.29 is 0 Å². The van der Waals surface area contributed by atoms with E-state index in [4.69, 9.17) is 16.6 Å². The summed E-state index contributed by atoms with van der Waals surface area (Å²) in [5, 5.41) is 4.29. The first kappa shape index (κ1) is 22.9. The minimum absolute atomic E-state index is 0.145. The highest BCUT2D eigenvalue weighted by molar-refractivity contribution is 6.30. The third kappa shape index (κ3) is 5.38. The highest BCUT2D eigenvalue weighted by Crippen LogP contribution is 2.26. The maximum Gasteiger partial charge on any atom is 0.203 e. The molecule has 5 heteroatoms. The number of imidazole rings is 1. The standard InChI is InChI=1S/C28H29ClN4/c1-19(28(2,3)4)31-27-32-25-17-20(7-6-8-26(25)33(27)5)9-15-24-16-12-22(18-30-24)21-10-13-23(29)14-11-21/h6-7,10-14,16-19H,8H2,1-5H3,(H,31,32). The number of pyridine rings is 1. The average molecular weight is 457 g/mol. The van der Waals surface area contributed by atoms with Crippen LogP contribution < -0.4 is 5.32 Å². The number of halogens is 1. The number of nitrogens with one attached hydrogen (secondary N) is 1. The van der Waals surface area contributed by atoms with Gasteiger partial charge in [-0.3, -0.25) is 0 Å². The molecule has 33 heavy (non-hydrogen) atoms. The molecule has 1 aliphatic rings. The number of benzene rings is 1. The summed E-state index contributed by atoms with van der Waals surface area (Å²) in [6.45, 7) is 8.87. The van der Waals surface area contributed by atoms with Crippen molar-refractivity contribution in [1.82, 2.24) is 14.5 Å². The highest BCUT2D eigenvalue weighted by atomic mass is 35.5. The number of allylic oxidation sites excluding steroid dienone is 3. The molecule has 2 heterocycles. The number of nitrogens with zero attached hydrogens (tertiary/aromatic N) is 3. The predicted octanol–water partition coefficient (Wildman–Crippen LogP) is 6.53. The van der Waals surface area contributed by atoms with Crippen LogP contribution in [0.3, 0.4) is 0 Å². The normalized spacial score (nSPS) is 13.9. The number of hydrogen-bond acceptors (Lipinski definition) is 3. The lowest BCUT2D eigenvalue weighted by molar-refractivity contribution is 0.357. The Hall–Kier alpha value is -3.29. The van der Waals surface area contributed by atoms with Crippen LogP contribution in [0.15, 0.2) is 60.3 Å². The topological polar surface area (TPSA) is 42.7 Å². The van der Waals surface area contributed by atoms with E-state index in [9.17, 15) is 0 Å². The maximum atomic E-state index is 5.98. The monoisotopic (exact) mass is 456 g/mol. The molecule has 1 N–H and O–H groups in total. The van der Waals surface area contributed by atoms with Crippen molar-refractivity contribution in [1.29, 1.82) is 0 Å². The molecule has 0 saturated heterocycles. The number of rotatable bonds is 3. The molecular formula is C28H29ClN4. The number of aromatic nitrogens is 3. The van der Waals surface area contributed by atoms with Gasteiger partial charge in [0.1, 0.15) is 5.69 Å². The lowest BCUT2D eigenvalue weighted by atomic mass is 9.88. The number of anilines is 1. The van der Waals surface area contributed by atoms with Crippen LogP contribution in [0.5, 0.6) is 0 Å². The van der Waals surface area contributed by atoms with E-state index in [1.165, 1.54) is 5.69 Å². The van der Waals surface area contributed by atoms with E-state index in [2.05, 4.69) is 79.7 Å². The van der Waals surface area contributed by atoms with E-state index in [-0.39, 0.29) is 5.41 Å². The SMILES string of the molecule is CC(Nc1nc2c(n1C)CC=CC(C#Cc1ccc(-c3ccc(Cl)cc3)cn1)=C2)C(C)(C)C. The van der Waals surface area contributed by atoms with E-state index in [0.29, 0.717) is 6.04 Å². The third-order valence-electron chi connectivity index (χ3n) is 6.07. The molecule has 0 amide bonds. The average Bonchev–Trinajstić information content (AvgIpc) is 2.94. The third-order valence-corrected chi connectivity index (χ3v) is 6.32. The Morgan fingerprint density at radius 3 is 2.45 bits per heavy atom. The fraction of sp³-hybridized carbons (Fsp3) is 0.286. The predicted molar refractivity (Wildman–Crippen MR) is 138 cm³/mol. The van der Waals surface area contributed by atoms with Crippen LogP contribution in [0.25, 0.3) is 17.2 Å². The lowest BCUT2D eigenvalue weighted by Gasteiger charge is -2.28. The summed E-state index contributed by atoms with van der Waals surface area (Å²) < 4.78 is 2.14. The van der Waals surface area contributed by atoms with Crippen LogP contribution in [-0.2, 0) is 13.5 Å². The zero-order valence-corrected chi connectivity index (χ0v) is 20.5. The molecule has 2 aromatic heterocycles. The highest BCUT2D eigenvalue weighted by Gasteiger charge is 2.22. The second kappa shape index (κ2) is 9.29. The summed E-state index contributed by atoms with van der Waals surface area (Å²) in [7, 11) is 2.06. The van der Waals surface area contributed by atoms with Gasteiger partial charge in [0.05, 0.1) is 11.4 Å². The second-order valence-corrected chi connectivity index (χ2v) is 9.89. The van der Waals surface area contributed by atoms with Gasteiger partial charge in [-0.15, -0.1) is 0 Å². The summed E-state index contributed by atoms with van der Waals surface area (Å²) >= 11 is 5.98. The Kier molecular flexibility index (Phi) is 6.44. The van der Waals surface area contributed by atoms with Gasteiger partial charge in [-0.2, -0.15) is 0 Å². The fourth-order valence-electron chi connectivity index (χ4n) is 3.44. The van der Waals surface area contributed by atoms with E-state index in [1.54, 1.807) is 0 Å². The molecule has 1 aliphatic carbocycles. The van der Waals surface area contributed by atoms with Crippen LogP contribution in [0.2, 0.25) is 5.02 Å². The minimum Gasteiger partial charge on any atom is -0.353 e. The van der Waals surface area contributed by atoms with Gasteiger partial charge in [0, 0.05) is 41.9 Å². The van der Waals surface area contributed by atoms with Crippen molar-refractivity contribution in [2.75, 3.05) is 5.32 Å². The van der Waals surface area contributed by atoms with E-state index >= 15 is 0 Å². The van der Waals surface area contributed by atoms with Crippen molar-refractivity contribution in [3.8, 4) is 23.0 Å². The molecule has 1 atom stereocenters. The Morgan fingerprint density at radius 2 is 1.79 bits per heavy atom. The molecular weight excluding hydrogens is 428 g/mol. The van der Waals surface area contributed by atoms with Gasteiger partial charge in [-0.05, 0) is 48.1 Å². The first-order valence-corrected chi connectivity index (χ1v) is 11.5. The van der Waals surface area contributed by atoms with Gasteiger partial charge in [0.25, 0.3) is 0 Å². The molecule has 0 aliphatic heterocycles. The summed E-state index contributed by atoms with van der Waals surface area (Å²) in [6.07, 6.45) is 8.92. The smallest absolute Gasteiger partial charge is 0.203 e. The van der Waals surface area contributed by atoms with Crippen molar-refractivity contribution >= 4 is 23.6 Å². The Labute approximate surface area is 201 Å². The maximum absolute atomic E-state index is 5.98. The van der Waals surface area contributed by atoms with Crippen molar-refractivity contribution in [2.24, 2.45) is 12.5 Å². The largest absolute Gasteiger partial charge is 0.353 e.